The molecule has 2 fully saturated rings. The number of nitrogens with one attached hydrogen (secondary N) is 1. The zero-order valence-electron chi connectivity index (χ0n) is 7.46. The Morgan fingerprint density at radius 2 is 2.62 bits per heavy atom. The Morgan fingerprint density at radius 3 is 3.38 bits per heavy atom. The summed E-state index contributed by atoms with van der Waals surface area (Å²) in [5.74, 6) is 0.106. The highest BCUT2D eigenvalue weighted by Gasteiger charge is 2.66. The molecule has 3 heteroatoms. The maximum Gasteiger partial charge on any atom is 0.186 e. The van der Waals surface area contributed by atoms with Crippen LogP contribution in [-0.4, -0.2) is 24.0 Å². The van der Waals surface area contributed by atoms with Gasteiger partial charge in [-0.2, -0.15) is 0 Å². The number of epoxide rings is 1. The van der Waals surface area contributed by atoms with Gasteiger partial charge in [-0.05, 0) is 13.3 Å². The summed E-state index contributed by atoms with van der Waals surface area (Å²) in [5.41, 5.74) is 1.45. The Kier molecular flexibility index (Phi) is 1.15. The molecule has 1 aliphatic carbocycles. The zero-order chi connectivity index (χ0) is 9.05. The minimum Gasteiger partial charge on any atom is -0.385 e. The van der Waals surface area contributed by atoms with Crippen LogP contribution in [0, 0.1) is 0 Å². The van der Waals surface area contributed by atoms with E-state index in [1.807, 2.05) is 13.0 Å². The lowest BCUT2D eigenvalue weighted by Gasteiger charge is -2.18. The molecule has 1 N–H and O–H groups in total. The minimum atomic E-state index is -0.343. The normalized spacial score (nSPS) is 43.8. The molecule has 3 rings (SSSR count). The van der Waals surface area contributed by atoms with Crippen molar-refractivity contribution in [1.29, 1.82) is 0 Å². The molecule has 2 aliphatic heterocycles. The molecule has 0 aromatic carbocycles. The van der Waals surface area contributed by atoms with Crippen LogP contribution >= 0.6 is 0 Å². The average molecular weight is 177 g/mol. The Bertz CT molecular complexity index is 356. The molecule has 0 bridgehead atoms. The van der Waals surface area contributed by atoms with E-state index in [9.17, 15) is 4.79 Å². The number of hydrogen-bond acceptors (Lipinski definition) is 3. The third-order valence-electron chi connectivity index (χ3n) is 3.08. The monoisotopic (exact) mass is 177 g/mol. The number of rotatable bonds is 0. The number of carbonyl (C=O) groups excluding carboxylic acids is 1. The van der Waals surface area contributed by atoms with Crippen LogP contribution in [0.15, 0.2) is 23.4 Å². The van der Waals surface area contributed by atoms with E-state index in [0.29, 0.717) is 0 Å². The van der Waals surface area contributed by atoms with E-state index >= 15 is 0 Å². The van der Waals surface area contributed by atoms with Crippen molar-refractivity contribution in [3.05, 3.63) is 23.4 Å². The third kappa shape index (κ3) is 0.672. The minimum absolute atomic E-state index is 0.106. The first kappa shape index (κ1) is 7.33. The van der Waals surface area contributed by atoms with Crippen LogP contribution in [0.4, 0.5) is 0 Å². The number of ether oxygens (including phenoxy) is 1. The number of piperidine rings is 1. The van der Waals surface area contributed by atoms with Gasteiger partial charge in [-0.3, -0.25) is 4.79 Å². The average Bonchev–Trinajstić information content (AvgIpc) is 2.75. The van der Waals surface area contributed by atoms with Gasteiger partial charge in [0.15, 0.2) is 11.4 Å². The van der Waals surface area contributed by atoms with Gasteiger partial charge in [-0.1, -0.05) is 6.08 Å². The molecular weight excluding hydrogens is 166 g/mol. The van der Waals surface area contributed by atoms with Gasteiger partial charge in [0.2, 0.25) is 0 Å². The third-order valence-corrected chi connectivity index (χ3v) is 3.08. The second kappa shape index (κ2) is 2.04. The molecule has 0 saturated carbocycles. The fourth-order valence-corrected chi connectivity index (χ4v) is 2.45. The molecule has 0 unspecified atom stereocenters. The van der Waals surface area contributed by atoms with E-state index in [1.165, 1.54) is 0 Å². The Labute approximate surface area is 76.5 Å². The molecule has 0 aromatic rings. The van der Waals surface area contributed by atoms with Crippen LogP contribution in [-0.2, 0) is 9.53 Å². The van der Waals surface area contributed by atoms with Crippen molar-refractivity contribution in [1.82, 2.24) is 5.32 Å². The van der Waals surface area contributed by atoms with Gasteiger partial charge < -0.3 is 10.1 Å². The van der Waals surface area contributed by atoms with E-state index in [0.717, 1.165) is 24.2 Å². The quantitative estimate of drug-likeness (QED) is 0.433. The summed E-state index contributed by atoms with van der Waals surface area (Å²) >= 11 is 0. The first-order valence-corrected chi connectivity index (χ1v) is 4.64. The summed E-state index contributed by atoms with van der Waals surface area (Å²) in [6.45, 7) is 2.81. The lowest BCUT2D eigenvalue weighted by molar-refractivity contribution is -0.111. The van der Waals surface area contributed by atoms with Gasteiger partial charge >= 0.3 is 0 Å². The summed E-state index contributed by atoms with van der Waals surface area (Å²) in [6, 6.07) is 0. The molecule has 1 spiro atoms. The van der Waals surface area contributed by atoms with Crippen LogP contribution in [0.2, 0.25) is 0 Å². The van der Waals surface area contributed by atoms with Gasteiger partial charge in [0, 0.05) is 18.2 Å². The highest BCUT2D eigenvalue weighted by molar-refractivity contribution is 6.11. The van der Waals surface area contributed by atoms with E-state index in [1.54, 1.807) is 6.08 Å². The van der Waals surface area contributed by atoms with E-state index in [4.69, 9.17) is 4.74 Å². The molecule has 0 amide bonds. The Balaban J connectivity index is 2.12. The van der Waals surface area contributed by atoms with E-state index in [-0.39, 0.29) is 17.5 Å². The molecule has 2 heterocycles. The van der Waals surface area contributed by atoms with Crippen molar-refractivity contribution < 1.29 is 9.53 Å². The van der Waals surface area contributed by atoms with Gasteiger partial charge in [0.25, 0.3) is 0 Å². The molecular formula is C10H11NO2. The maximum atomic E-state index is 11.5. The first-order chi connectivity index (χ1) is 6.29. The summed E-state index contributed by atoms with van der Waals surface area (Å²) in [6.07, 6.45) is 4.80. The predicted molar refractivity (Wildman–Crippen MR) is 47.1 cm³/mol. The molecule has 0 aromatic heterocycles. The fourth-order valence-electron chi connectivity index (χ4n) is 2.45. The Hall–Kier alpha value is -1.09. The lowest BCUT2D eigenvalue weighted by Crippen LogP contribution is -2.34. The lowest BCUT2D eigenvalue weighted by atomic mass is 9.92. The maximum absolute atomic E-state index is 11.5. The topological polar surface area (TPSA) is 41.6 Å². The van der Waals surface area contributed by atoms with Crippen molar-refractivity contribution in [2.45, 2.75) is 25.0 Å². The van der Waals surface area contributed by atoms with Gasteiger partial charge in [-0.15, -0.1) is 0 Å². The summed E-state index contributed by atoms with van der Waals surface area (Å²) < 4.78 is 5.64. The van der Waals surface area contributed by atoms with Crippen molar-refractivity contribution in [2.24, 2.45) is 0 Å². The van der Waals surface area contributed by atoms with Crippen LogP contribution in [0.25, 0.3) is 0 Å². The Morgan fingerprint density at radius 1 is 1.77 bits per heavy atom. The van der Waals surface area contributed by atoms with Crippen molar-refractivity contribution in [3.8, 4) is 0 Å². The summed E-state index contributed by atoms with van der Waals surface area (Å²) in [5, 5.41) is 3.23. The van der Waals surface area contributed by atoms with Gasteiger partial charge in [0.1, 0.15) is 6.10 Å². The summed E-state index contributed by atoms with van der Waals surface area (Å²) in [7, 11) is 0. The van der Waals surface area contributed by atoms with Crippen LogP contribution in [0.5, 0.6) is 0 Å². The molecule has 2 saturated heterocycles. The van der Waals surface area contributed by atoms with E-state index in [2.05, 4.69) is 5.32 Å². The predicted octanol–water partition coefficient (Wildman–Crippen LogP) is 0.530. The molecule has 2 atom stereocenters. The molecule has 13 heavy (non-hydrogen) atoms. The number of hydrogen-bond donors (Lipinski definition) is 1. The standard InChI is InChI=1S/C10H11NO2/c1-2-6-7(12)5-8-10(6)9(13-10)3-4-11-8/h2,5,9,11H,3-4H2,1H3/t9-,10+/m1/s1. The number of carbonyl (C=O) groups is 1. The van der Waals surface area contributed by atoms with E-state index < -0.39 is 0 Å². The fraction of sp³-hybridized carbons (Fsp3) is 0.500. The zero-order valence-corrected chi connectivity index (χ0v) is 7.46. The van der Waals surface area contributed by atoms with Crippen LogP contribution in [0.1, 0.15) is 13.3 Å². The first-order valence-electron chi connectivity index (χ1n) is 4.64. The highest BCUT2D eigenvalue weighted by atomic mass is 16.6. The van der Waals surface area contributed by atoms with Crippen LogP contribution in [0.3, 0.4) is 0 Å². The number of allylic oxidation sites excluding steroid dienone is 2. The largest absolute Gasteiger partial charge is 0.385 e. The number of ketones is 1. The molecule has 68 valence electrons. The van der Waals surface area contributed by atoms with Gasteiger partial charge in [0.05, 0.1) is 5.70 Å². The second-order valence-corrected chi connectivity index (χ2v) is 3.68. The van der Waals surface area contributed by atoms with Crippen molar-refractivity contribution in [3.63, 3.8) is 0 Å². The second-order valence-electron chi connectivity index (χ2n) is 3.68. The molecule has 3 nitrogen and oxygen atoms in total. The SMILES string of the molecule is CC=C1C(=O)C=C2NCC[C@H]3O[C@]213. The van der Waals surface area contributed by atoms with Crippen molar-refractivity contribution >= 4 is 5.78 Å². The summed E-state index contributed by atoms with van der Waals surface area (Å²) in [4.78, 5) is 11.5. The molecule has 0 radical (unpaired) electrons. The smallest absolute Gasteiger partial charge is 0.186 e. The van der Waals surface area contributed by atoms with Crippen LogP contribution < -0.4 is 5.32 Å². The molecule has 3 aliphatic rings. The highest BCUT2D eigenvalue weighted by Crippen LogP contribution is 2.54. The van der Waals surface area contributed by atoms with Crippen molar-refractivity contribution in [2.75, 3.05) is 6.54 Å². The van der Waals surface area contributed by atoms with Gasteiger partial charge in [-0.25, -0.2) is 0 Å².